The molecule has 0 spiro atoms. The van der Waals surface area contributed by atoms with Crippen LogP contribution in [0.2, 0.25) is 0 Å². The third-order valence-corrected chi connectivity index (χ3v) is 2.13. The van der Waals surface area contributed by atoms with Crippen molar-refractivity contribution in [1.29, 1.82) is 0 Å². The Morgan fingerprint density at radius 3 is 2.81 bits per heavy atom. The molecule has 0 fully saturated rings. The molecule has 16 heavy (non-hydrogen) atoms. The lowest BCUT2D eigenvalue weighted by Crippen LogP contribution is -2.34. The number of amides is 1. The van der Waals surface area contributed by atoms with Crippen LogP contribution in [-0.4, -0.2) is 28.3 Å². The molecule has 0 bridgehead atoms. The molecule has 5 heteroatoms. The first kappa shape index (κ1) is 12.5. The maximum atomic E-state index is 11.4. The minimum Gasteiger partial charge on any atom is -0.373 e. The van der Waals surface area contributed by atoms with Gasteiger partial charge in [-0.3, -0.25) is 9.48 Å². The van der Waals surface area contributed by atoms with E-state index >= 15 is 0 Å². The molecule has 0 aliphatic rings. The molecule has 0 unspecified atom stereocenters. The molecule has 0 aromatic carbocycles. The van der Waals surface area contributed by atoms with Gasteiger partial charge in [0.25, 0.3) is 0 Å². The number of aromatic nitrogens is 2. The van der Waals surface area contributed by atoms with E-state index in [0.29, 0.717) is 0 Å². The van der Waals surface area contributed by atoms with Crippen molar-refractivity contribution in [3.63, 3.8) is 0 Å². The van der Waals surface area contributed by atoms with Crippen molar-refractivity contribution in [2.24, 2.45) is 7.05 Å². The zero-order valence-corrected chi connectivity index (χ0v) is 10.4. The Hall–Kier alpha value is -1.52. The minimum absolute atomic E-state index is 0.000839. The van der Waals surface area contributed by atoms with Crippen LogP contribution >= 0.6 is 0 Å². The highest BCUT2D eigenvalue weighted by atomic mass is 16.1. The number of hydrogen-bond acceptors (Lipinski definition) is 3. The molecule has 1 heterocycles. The van der Waals surface area contributed by atoms with Crippen LogP contribution in [0.25, 0.3) is 0 Å². The van der Waals surface area contributed by atoms with Crippen molar-refractivity contribution in [2.75, 3.05) is 11.9 Å². The second kappa shape index (κ2) is 5.53. The van der Waals surface area contributed by atoms with Crippen molar-refractivity contribution in [2.45, 2.75) is 33.2 Å². The number of hydrogen-bond donors (Lipinski definition) is 2. The maximum Gasteiger partial charge on any atom is 0.239 e. The summed E-state index contributed by atoms with van der Waals surface area (Å²) in [6.45, 7) is 6.22. The van der Waals surface area contributed by atoms with Crippen LogP contribution < -0.4 is 10.6 Å². The van der Waals surface area contributed by atoms with E-state index in [-0.39, 0.29) is 18.5 Å². The van der Waals surface area contributed by atoms with Gasteiger partial charge in [0.1, 0.15) is 0 Å². The Kier molecular flexibility index (Phi) is 4.34. The number of anilines is 1. The Morgan fingerprint density at radius 2 is 2.25 bits per heavy atom. The van der Waals surface area contributed by atoms with Gasteiger partial charge in [0.05, 0.1) is 17.9 Å². The lowest BCUT2D eigenvalue weighted by atomic mass is 10.3. The number of nitrogens with one attached hydrogen (secondary N) is 2. The molecule has 0 aliphatic heterocycles. The van der Waals surface area contributed by atoms with Crippen LogP contribution in [0.15, 0.2) is 6.20 Å². The quantitative estimate of drug-likeness (QED) is 0.782. The Morgan fingerprint density at radius 1 is 1.56 bits per heavy atom. The third kappa shape index (κ3) is 3.56. The zero-order chi connectivity index (χ0) is 12.1. The normalized spacial score (nSPS) is 10.6. The SMILES string of the molecule is CCc1nn(C)cc1NCC(=O)NC(C)C. The summed E-state index contributed by atoms with van der Waals surface area (Å²) >= 11 is 0. The molecule has 1 amide bonds. The summed E-state index contributed by atoms with van der Waals surface area (Å²) in [6, 6.07) is 0.175. The molecule has 0 saturated carbocycles. The highest BCUT2D eigenvalue weighted by Gasteiger charge is 2.07. The summed E-state index contributed by atoms with van der Waals surface area (Å²) in [5.74, 6) is 0.000839. The molecular weight excluding hydrogens is 204 g/mol. The predicted molar refractivity (Wildman–Crippen MR) is 64.4 cm³/mol. The molecule has 0 atom stereocenters. The molecule has 90 valence electrons. The van der Waals surface area contributed by atoms with E-state index in [1.54, 1.807) is 4.68 Å². The van der Waals surface area contributed by atoms with Crippen LogP contribution in [0.5, 0.6) is 0 Å². The second-order valence-corrected chi connectivity index (χ2v) is 4.09. The molecule has 1 aromatic rings. The van der Waals surface area contributed by atoms with E-state index in [4.69, 9.17) is 0 Å². The first-order chi connectivity index (χ1) is 7.52. The standard InChI is InChI=1S/C11H20N4O/c1-5-9-10(7-15(4)14-9)12-6-11(16)13-8(2)3/h7-8,12H,5-6H2,1-4H3,(H,13,16). The third-order valence-electron chi connectivity index (χ3n) is 2.13. The Balaban J connectivity index is 2.50. The molecule has 0 radical (unpaired) electrons. The average molecular weight is 224 g/mol. The number of rotatable bonds is 5. The van der Waals surface area contributed by atoms with Crippen LogP contribution in [0, 0.1) is 0 Å². The minimum atomic E-state index is 0.000839. The molecule has 5 nitrogen and oxygen atoms in total. The Bertz CT molecular complexity index is 357. The van der Waals surface area contributed by atoms with Gasteiger partial charge >= 0.3 is 0 Å². The fourth-order valence-corrected chi connectivity index (χ4v) is 1.49. The summed E-state index contributed by atoms with van der Waals surface area (Å²) in [5.41, 5.74) is 1.92. The van der Waals surface area contributed by atoms with Gasteiger partial charge in [0.2, 0.25) is 5.91 Å². The van der Waals surface area contributed by atoms with Crippen molar-refractivity contribution in [1.82, 2.24) is 15.1 Å². The highest BCUT2D eigenvalue weighted by molar-refractivity contribution is 5.81. The van der Waals surface area contributed by atoms with Gasteiger partial charge in [-0.25, -0.2) is 0 Å². The number of carbonyl (C=O) groups is 1. The molecular formula is C11H20N4O. The van der Waals surface area contributed by atoms with Crippen LogP contribution in [0.4, 0.5) is 5.69 Å². The molecule has 0 saturated heterocycles. The first-order valence-electron chi connectivity index (χ1n) is 5.58. The largest absolute Gasteiger partial charge is 0.373 e. The van der Waals surface area contributed by atoms with E-state index in [1.165, 1.54) is 0 Å². The highest BCUT2D eigenvalue weighted by Crippen LogP contribution is 2.12. The lowest BCUT2D eigenvalue weighted by molar-refractivity contribution is -0.119. The maximum absolute atomic E-state index is 11.4. The monoisotopic (exact) mass is 224 g/mol. The second-order valence-electron chi connectivity index (χ2n) is 4.09. The van der Waals surface area contributed by atoms with Gasteiger partial charge in [-0.05, 0) is 20.3 Å². The Labute approximate surface area is 96.2 Å². The van der Waals surface area contributed by atoms with Gasteiger partial charge in [-0.15, -0.1) is 0 Å². The van der Waals surface area contributed by atoms with E-state index in [2.05, 4.69) is 15.7 Å². The van der Waals surface area contributed by atoms with Gasteiger partial charge in [-0.1, -0.05) is 6.92 Å². The van der Waals surface area contributed by atoms with Gasteiger partial charge in [0, 0.05) is 19.3 Å². The molecule has 1 aromatic heterocycles. The van der Waals surface area contributed by atoms with Crippen molar-refractivity contribution in [3.8, 4) is 0 Å². The molecule has 0 aliphatic carbocycles. The van der Waals surface area contributed by atoms with E-state index in [9.17, 15) is 4.79 Å². The first-order valence-corrected chi connectivity index (χ1v) is 5.58. The van der Waals surface area contributed by atoms with Gasteiger partial charge in [0.15, 0.2) is 0 Å². The topological polar surface area (TPSA) is 59.0 Å². The van der Waals surface area contributed by atoms with E-state index < -0.39 is 0 Å². The van der Waals surface area contributed by atoms with Crippen molar-refractivity contribution < 1.29 is 4.79 Å². The number of nitrogens with zero attached hydrogens (tertiary/aromatic N) is 2. The van der Waals surface area contributed by atoms with Crippen molar-refractivity contribution >= 4 is 11.6 Å². The summed E-state index contributed by atoms with van der Waals surface area (Å²) in [7, 11) is 1.87. The fourth-order valence-electron chi connectivity index (χ4n) is 1.49. The van der Waals surface area contributed by atoms with E-state index in [0.717, 1.165) is 17.8 Å². The van der Waals surface area contributed by atoms with Crippen LogP contribution in [0.3, 0.4) is 0 Å². The fraction of sp³-hybridized carbons (Fsp3) is 0.636. The smallest absolute Gasteiger partial charge is 0.239 e. The van der Waals surface area contributed by atoms with Gasteiger partial charge in [-0.2, -0.15) is 5.10 Å². The molecule has 2 N–H and O–H groups in total. The van der Waals surface area contributed by atoms with Gasteiger partial charge < -0.3 is 10.6 Å². The lowest BCUT2D eigenvalue weighted by Gasteiger charge is -2.09. The van der Waals surface area contributed by atoms with E-state index in [1.807, 2.05) is 34.0 Å². The zero-order valence-electron chi connectivity index (χ0n) is 10.4. The van der Waals surface area contributed by atoms with Crippen LogP contribution in [-0.2, 0) is 18.3 Å². The summed E-state index contributed by atoms with van der Waals surface area (Å²) in [4.78, 5) is 11.4. The summed E-state index contributed by atoms with van der Waals surface area (Å²) < 4.78 is 1.75. The summed E-state index contributed by atoms with van der Waals surface area (Å²) in [5, 5.41) is 10.2. The molecule has 1 rings (SSSR count). The average Bonchev–Trinajstić information content (AvgIpc) is 2.55. The predicted octanol–water partition coefficient (Wildman–Crippen LogP) is 0.919. The number of aryl methyl sites for hydroxylation is 2. The van der Waals surface area contributed by atoms with Crippen molar-refractivity contribution in [3.05, 3.63) is 11.9 Å². The number of carbonyl (C=O) groups excluding carboxylic acids is 1. The summed E-state index contributed by atoms with van der Waals surface area (Å²) in [6.07, 6.45) is 2.75. The van der Waals surface area contributed by atoms with Crippen LogP contribution in [0.1, 0.15) is 26.5 Å².